The molecule has 0 heterocycles. The predicted octanol–water partition coefficient (Wildman–Crippen LogP) is 3.27. The minimum atomic E-state index is -0.615. The first-order valence-electron chi connectivity index (χ1n) is 9.77. The Balaban J connectivity index is 1.81. The van der Waals surface area contributed by atoms with Crippen molar-refractivity contribution in [2.45, 2.75) is 76.7 Å². The lowest BCUT2D eigenvalue weighted by Gasteiger charge is -2.26. The average Bonchev–Trinajstić information content (AvgIpc) is 2.65. The number of nitrogens with zero attached hydrogens (tertiary/aromatic N) is 1. The molecule has 25 heavy (non-hydrogen) atoms. The van der Waals surface area contributed by atoms with Gasteiger partial charge in [0.2, 0.25) is 5.91 Å². The minimum Gasteiger partial charge on any atom is -0.449 e. The van der Waals surface area contributed by atoms with Crippen LogP contribution < -0.4 is 10.6 Å². The highest BCUT2D eigenvalue weighted by Gasteiger charge is 2.26. The lowest BCUT2D eigenvalue weighted by molar-refractivity contribution is -0.123. The van der Waals surface area contributed by atoms with Crippen LogP contribution >= 0.6 is 0 Å². The molecule has 2 amide bonds. The third-order valence-corrected chi connectivity index (χ3v) is 5.42. The SMILES string of the molecule is N#CCNC(=O)[C@H](CC1CCCCC1)NC(=O)OCC1CCCCC1. The summed E-state index contributed by atoms with van der Waals surface area (Å²) in [6.07, 6.45) is 11.8. The quantitative estimate of drug-likeness (QED) is 0.690. The van der Waals surface area contributed by atoms with E-state index in [0.29, 0.717) is 24.9 Å². The fourth-order valence-electron chi connectivity index (χ4n) is 3.97. The second-order valence-electron chi connectivity index (χ2n) is 7.42. The number of carbonyl (C=O) groups is 2. The van der Waals surface area contributed by atoms with Crippen molar-refractivity contribution in [3.63, 3.8) is 0 Å². The van der Waals surface area contributed by atoms with Gasteiger partial charge in [0.05, 0.1) is 12.7 Å². The van der Waals surface area contributed by atoms with E-state index in [0.717, 1.165) is 25.7 Å². The third kappa shape index (κ3) is 7.33. The van der Waals surface area contributed by atoms with Crippen molar-refractivity contribution in [2.24, 2.45) is 11.8 Å². The molecule has 0 aromatic heterocycles. The smallest absolute Gasteiger partial charge is 0.407 e. The molecule has 2 aliphatic carbocycles. The van der Waals surface area contributed by atoms with Crippen molar-refractivity contribution >= 4 is 12.0 Å². The highest BCUT2D eigenvalue weighted by Crippen LogP contribution is 2.27. The van der Waals surface area contributed by atoms with Crippen LogP contribution in [-0.2, 0) is 9.53 Å². The molecule has 0 unspecified atom stereocenters. The molecule has 1 atom stereocenters. The molecule has 140 valence electrons. The van der Waals surface area contributed by atoms with Crippen molar-refractivity contribution in [3.05, 3.63) is 0 Å². The highest BCUT2D eigenvalue weighted by atomic mass is 16.5. The molecule has 6 heteroatoms. The summed E-state index contributed by atoms with van der Waals surface area (Å²) in [7, 11) is 0. The lowest BCUT2D eigenvalue weighted by atomic mass is 9.84. The molecule has 0 bridgehead atoms. The lowest BCUT2D eigenvalue weighted by Crippen LogP contribution is -2.48. The van der Waals surface area contributed by atoms with E-state index < -0.39 is 12.1 Å². The van der Waals surface area contributed by atoms with Gasteiger partial charge in [-0.05, 0) is 31.1 Å². The van der Waals surface area contributed by atoms with E-state index in [-0.39, 0.29) is 12.5 Å². The first-order chi connectivity index (χ1) is 12.2. The Morgan fingerprint density at radius 1 is 1.00 bits per heavy atom. The van der Waals surface area contributed by atoms with Crippen LogP contribution in [0.1, 0.15) is 70.6 Å². The number of ether oxygens (including phenoxy) is 1. The number of nitriles is 1. The molecule has 0 aromatic carbocycles. The van der Waals surface area contributed by atoms with Gasteiger partial charge in [0, 0.05) is 0 Å². The van der Waals surface area contributed by atoms with Crippen LogP contribution in [0.15, 0.2) is 0 Å². The number of hydrogen-bond acceptors (Lipinski definition) is 4. The summed E-state index contributed by atoms with van der Waals surface area (Å²) in [6, 6.07) is 1.29. The maximum Gasteiger partial charge on any atom is 0.407 e. The van der Waals surface area contributed by atoms with Gasteiger partial charge in [0.15, 0.2) is 0 Å². The van der Waals surface area contributed by atoms with Gasteiger partial charge >= 0.3 is 6.09 Å². The number of alkyl carbamates (subject to hydrolysis) is 1. The molecular weight excluding hydrogens is 318 g/mol. The minimum absolute atomic E-state index is 0.0429. The van der Waals surface area contributed by atoms with Crippen LogP contribution in [0, 0.1) is 23.2 Å². The Kier molecular flexibility index (Phi) is 8.58. The summed E-state index contributed by atoms with van der Waals surface area (Å²) < 4.78 is 5.36. The monoisotopic (exact) mass is 349 g/mol. The predicted molar refractivity (Wildman–Crippen MR) is 94.7 cm³/mol. The van der Waals surface area contributed by atoms with Crippen LogP contribution in [0.4, 0.5) is 4.79 Å². The molecule has 2 N–H and O–H groups in total. The van der Waals surface area contributed by atoms with Gasteiger partial charge in [-0.2, -0.15) is 5.26 Å². The molecule has 2 aliphatic rings. The number of rotatable bonds is 7. The Morgan fingerprint density at radius 2 is 1.60 bits per heavy atom. The molecule has 0 saturated heterocycles. The molecule has 0 spiro atoms. The highest BCUT2D eigenvalue weighted by molar-refractivity contribution is 5.85. The van der Waals surface area contributed by atoms with E-state index in [1.54, 1.807) is 0 Å². The van der Waals surface area contributed by atoms with Crippen molar-refractivity contribution in [3.8, 4) is 6.07 Å². The molecule has 2 saturated carbocycles. The maximum atomic E-state index is 12.3. The standard InChI is InChI=1S/C19H31N3O3/c20-11-12-21-18(23)17(13-15-7-3-1-4-8-15)22-19(24)25-14-16-9-5-2-6-10-16/h15-17H,1-10,12-14H2,(H,21,23)(H,22,24)/t17-/m0/s1. The largest absolute Gasteiger partial charge is 0.449 e. The van der Waals surface area contributed by atoms with Crippen LogP contribution in [-0.4, -0.2) is 31.2 Å². The third-order valence-electron chi connectivity index (χ3n) is 5.42. The summed E-state index contributed by atoms with van der Waals surface area (Å²) in [5.41, 5.74) is 0. The zero-order valence-corrected chi connectivity index (χ0v) is 15.1. The van der Waals surface area contributed by atoms with Crippen LogP contribution in [0.3, 0.4) is 0 Å². The van der Waals surface area contributed by atoms with Crippen molar-refractivity contribution in [1.82, 2.24) is 10.6 Å². The Bertz CT molecular complexity index is 463. The summed E-state index contributed by atoms with van der Waals surface area (Å²) in [6.45, 7) is 0.389. The van der Waals surface area contributed by atoms with E-state index in [4.69, 9.17) is 10.00 Å². The molecule has 2 rings (SSSR count). The van der Waals surface area contributed by atoms with Gasteiger partial charge in [0.25, 0.3) is 0 Å². The Hall–Kier alpha value is -1.77. The van der Waals surface area contributed by atoms with Gasteiger partial charge in [-0.25, -0.2) is 4.79 Å². The number of carbonyl (C=O) groups excluding carboxylic acids is 2. The first-order valence-corrected chi connectivity index (χ1v) is 9.77. The van der Waals surface area contributed by atoms with Gasteiger partial charge in [-0.1, -0.05) is 51.4 Å². The van der Waals surface area contributed by atoms with E-state index in [1.807, 2.05) is 6.07 Å². The topological polar surface area (TPSA) is 91.2 Å². The van der Waals surface area contributed by atoms with Gasteiger partial charge in [-0.15, -0.1) is 0 Å². The second-order valence-corrected chi connectivity index (χ2v) is 7.42. The van der Waals surface area contributed by atoms with Crippen LogP contribution in [0.2, 0.25) is 0 Å². The summed E-state index contributed by atoms with van der Waals surface area (Å²) in [5, 5.41) is 13.9. The normalized spacial score (nSPS) is 20.3. The van der Waals surface area contributed by atoms with Crippen LogP contribution in [0.5, 0.6) is 0 Å². The van der Waals surface area contributed by atoms with Crippen molar-refractivity contribution in [2.75, 3.05) is 13.2 Å². The Morgan fingerprint density at radius 3 is 2.20 bits per heavy atom. The van der Waals surface area contributed by atoms with E-state index in [9.17, 15) is 9.59 Å². The molecule has 0 aliphatic heterocycles. The zero-order chi connectivity index (χ0) is 17.9. The fourth-order valence-corrected chi connectivity index (χ4v) is 3.97. The molecule has 0 radical (unpaired) electrons. The molecular formula is C19H31N3O3. The number of amides is 2. The van der Waals surface area contributed by atoms with Crippen molar-refractivity contribution in [1.29, 1.82) is 5.26 Å². The van der Waals surface area contributed by atoms with Gasteiger partial charge < -0.3 is 15.4 Å². The number of hydrogen-bond donors (Lipinski definition) is 2. The van der Waals surface area contributed by atoms with E-state index >= 15 is 0 Å². The summed E-state index contributed by atoms with van der Waals surface area (Å²) in [4.78, 5) is 24.4. The van der Waals surface area contributed by atoms with Crippen molar-refractivity contribution < 1.29 is 14.3 Å². The van der Waals surface area contributed by atoms with E-state index in [1.165, 1.54) is 38.5 Å². The van der Waals surface area contributed by atoms with E-state index in [2.05, 4.69) is 10.6 Å². The molecule has 0 aromatic rings. The fraction of sp³-hybridized carbons (Fsp3) is 0.842. The molecule has 2 fully saturated rings. The average molecular weight is 349 g/mol. The number of nitrogens with one attached hydrogen (secondary N) is 2. The zero-order valence-electron chi connectivity index (χ0n) is 15.1. The summed E-state index contributed by atoms with van der Waals surface area (Å²) >= 11 is 0. The maximum absolute atomic E-state index is 12.3. The molecule has 6 nitrogen and oxygen atoms in total. The first kappa shape index (κ1) is 19.6. The summed E-state index contributed by atoms with van der Waals surface area (Å²) in [5.74, 6) is 0.607. The van der Waals surface area contributed by atoms with Gasteiger partial charge in [0.1, 0.15) is 12.6 Å². The Labute approximate surface area is 150 Å². The van der Waals surface area contributed by atoms with Crippen LogP contribution in [0.25, 0.3) is 0 Å². The van der Waals surface area contributed by atoms with Gasteiger partial charge in [-0.3, -0.25) is 4.79 Å². The second kappa shape index (κ2) is 11.0.